The van der Waals surface area contributed by atoms with Gasteiger partial charge in [-0.15, -0.1) is 24.0 Å². The van der Waals surface area contributed by atoms with E-state index in [4.69, 9.17) is 9.47 Å². The zero-order valence-electron chi connectivity index (χ0n) is 16.8. The summed E-state index contributed by atoms with van der Waals surface area (Å²) in [6, 6.07) is 0.0145. The molecule has 0 radical (unpaired) electrons. The number of halogens is 4. The monoisotopic (exact) mass is 522 g/mol. The van der Waals surface area contributed by atoms with E-state index in [0.717, 1.165) is 38.3 Å². The predicted octanol–water partition coefficient (Wildman–Crippen LogP) is 2.72. The summed E-state index contributed by atoms with van der Waals surface area (Å²) in [6.07, 6.45) is -0.408. The lowest BCUT2D eigenvalue weighted by molar-refractivity contribution is -0.143. The minimum atomic E-state index is -4.14. The van der Waals surface area contributed by atoms with Crippen LogP contribution in [0.4, 0.5) is 13.2 Å². The van der Waals surface area contributed by atoms with Crippen molar-refractivity contribution in [3.63, 3.8) is 0 Å². The maximum atomic E-state index is 12.6. The SMILES string of the molecule is CCN=C(NC1CCN(CC(F)(F)F)C1)N1CCC(OCCCOC)CC1.I. The molecule has 0 saturated carbocycles. The van der Waals surface area contributed by atoms with Gasteiger partial charge in [0.2, 0.25) is 0 Å². The number of nitrogens with zero attached hydrogens (tertiary/aromatic N) is 3. The number of rotatable bonds is 8. The van der Waals surface area contributed by atoms with Crippen molar-refractivity contribution in [1.82, 2.24) is 15.1 Å². The van der Waals surface area contributed by atoms with Gasteiger partial charge in [-0.05, 0) is 32.6 Å². The van der Waals surface area contributed by atoms with Crippen molar-refractivity contribution in [3.05, 3.63) is 0 Å². The van der Waals surface area contributed by atoms with Gasteiger partial charge in [-0.25, -0.2) is 0 Å². The topological polar surface area (TPSA) is 49.3 Å². The zero-order chi connectivity index (χ0) is 19.7. The maximum Gasteiger partial charge on any atom is 0.401 e. The number of aliphatic imine (C=N–C) groups is 1. The number of hydrogen-bond acceptors (Lipinski definition) is 4. The van der Waals surface area contributed by atoms with Gasteiger partial charge in [0.25, 0.3) is 0 Å². The summed E-state index contributed by atoms with van der Waals surface area (Å²) in [7, 11) is 1.69. The Morgan fingerprint density at radius 3 is 2.46 bits per heavy atom. The van der Waals surface area contributed by atoms with Gasteiger partial charge in [0.15, 0.2) is 5.96 Å². The second-order valence-corrected chi connectivity index (χ2v) is 7.18. The fourth-order valence-corrected chi connectivity index (χ4v) is 3.60. The maximum absolute atomic E-state index is 12.6. The van der Waals surface area contributed by atoms with Crippen molar-refractivity contribution >= 4 is 29.9 Å². The summed E-state index contributed by atoms with van der Waals surface area (Å²) in [5.74, 6) is 0.814. The Morgan fingerprint density at radius 2 is 1.86 bits per heavy atom. The van der Waals surface area contributed by atoms with E-state index in [2.05, 4.69) is 15.2 Å². The molecule has 28 heavy (non-hydrogen) atoms. The van der Waals surface area contributed by atoms with E-state index in [0.29, 0.717) is 39.3 Å². The summed E-state index contributed by atoms with van der Waals surface area (Å²) < 4.78 is 48.6. The standard InChI is InChI=1S/C18H33F3N4O2.HI/c1-3-22-17(23-15-5-8-24(13-15)14-18(19,20)21)25-9-6-16(7-10-25)27-12-4-11-26-2;/h15-16H,3-14H2,1-2H3,(H,22,23);1H. The molecule has 0 spiro atoms. The van der Waals surface area contributed by atoms with Crippen LogP contribution in [0.5, 0.6) is 0 Å². The van der Waals surface area contributed by atoms with Crippen molar-refractivity contribution in [2.24, 2.45) is 4.99 Å². The molecule has 2 saturated heterocycles. The average Bonchev–Trinajstić information content (AvgIpc) is 3.04. The van der Waals surface area contributed by atoms with Crippen LogP contribution in [0, 0.1) is 0 Å². The fourth-order valence-electron chi connectivity index (χ4n) is 3.60. The fraction of sp³-hybridized carbons (Fsp3) is 0.944. The number of guanidine groups is 1. The third kappa shape index (κ3) is 9.45. The molecule has 2 rings (SSSR count). The molecule has 0 aromatic rings. The Hall–Kier alpha value is -0.330. The molecule has 0 aromatic carbocycles. The Kier molecular flexibility index (Phi) is 12.0. The Morgan fingerprint density at radius 1 is 1.14 bits per heavy atom. The van der Waals surface area contributed by atoms with Crippen molar-refractivity contribution in [1.29, 1.82) is 0 Å². The summed E-state index contributed by atoms with van der Waals surface area (Å²) in [5.41, 5.74) is 0. The molecular formula is C18H34F3IN4O2. The van der Waals surface area contributed by atoms with Crippen LogP contribution in [0.1, 0.15) is 32.6 Å². The van der Waals surface area contributed by atoms with Gasteiger partial charge >= 0.3 is 6.18 Å². The van der Waals surface area contributed by atoms with Gasteiger partial charge in [-0.3, -0.25) is 9.89 Å². The molecular weight excluding hydrogens is 488 g/mol. The molecule has 10 heteroatoms. The minimum absolute atomic E-state index is 0. The smallest absolute Gasteiger partial charge is 0.385 e. The first-order valence-corrected chi connectivity index (χ1v) is 9.87. The third-order valence-electron chi connectivity index (χ3n) is 4.90. The quantitative estimate of drug-likeness (QED) is 0.230. The lowest BCUT2D eigenvalue weighted by atomic mass is 10.1. The van der Waals surface area contributed by atoms with E-state index in [1.165, 1.54) is 4.90 Å². The molecule has 2 aliphatic heterocycles. The van der Waals surface area contributed by atoms with Gasteiger partial charge in [0, 0.05) is 59.1 Å². The summed E-state index contributed by atoms with van der Waals surface area (Å²) in [6.45, 7) is 5.77. The summed E-state index contributed by atoms with van der Waals surface area (Å²) in [5, 5.41) is 3.39. The highest BCUT2D eigenvalue weighted by Gasteiger charge is 2.35. The number of piperidine rings is 1. The number of alkyl halides is 3. The van der Waals surface area contributed by atoms with Crippen LogP contribution in [-0.2, 0) is 9.47 Å². The lowest BCUT2D eigenvalue weighted by Crippen LogP contribution is -2.50. The number of hydrogen-bond donors (Lipinski definition) is 1. The largest absolute Gasteiger partial charge is 0.401 e. The number of nitrogens with one attached hydrogen (secondary N) is 1. The van der Waals surface area contributed by atoms with Crippen molar-refractivity contribution in [2.75, 3.05) is 59.6 Å². The summed E-state index contributed by atoms with van der Waals surface area (Å²) in [4.78, 5) is 8.21. The van der Waals surface area contributed by atoms with Crippen LogP contribution in [0.2, 0.25) is 0 Å². The van der Waals surface area contributed by atoms with Gasteiger partial charge in [0.05, 0.1) is 12.6 Å². The number of ether oxygens (including phenoxy) is 2. The van der Waals surface area contributed by atoms with Gasteiger partial charge in [-0.2, -0.15) is 13.2 Å². The van der Waals surface area contributed by atoms with E-state index in [1.54, 1.807) is 7.11 Å². The molecule has 0 amide bonds. The predicted molar refractivity (Wildman–Crippen MR) is 114 cm³/mol. The van der Waals surface area contributed by atoms with Crippen molar-refractivity contribution in [3.8, 4) is 0 Å². The van der Waals surface area contributed by atoms with Crippen molar-refractivity contribution in [2.45, 2.75) is 50.9 Å². The molecule has 2 fully saturated rings. The molecule has 2 heterocycles. The van der Waals surface area contributed by atoms with E-state index in [-0.39, 0.29) is 36.1 Å². The highest BCUT2D eigenvalue weighted by Crippen LogP contribution is 2.20. The molecule has 1 atom stereocenters. The van der Waals surface area contributed by atoms with Crippen LogP contribution < -0.4 is 5.32 Å². The highest BCUT2D eigenvalue weighted by atomic mass is 127. The second kappa shape index (κ2) is 13.1. The van der Waals surface area contributed by atoms with Crippen LogP contribution in [0.25, 0.3) is 0 Å². The molecule has 0 aliphatic carbocycles. The molecule has 6 nitrogen and oxygen atoms in total. The molecule has 166 valence electrons. The molecule has 0 bridgehead atoms. The zero-order valence-corrected chi connectivity index (χ0v) is 19.2. The summed E-state index contributed by atoms with van der Waals surface area (Å²) >= 11 is 0. The minimum Gasteiger partial charge on any atom is -0.385 e. The highest BCUT2D eigenvalue weighted by molar-refractivity contribution is 14.0. The third-order valence-corrected chi connectivity index (χ3v) is 4.90. The Bertz CT molecular complexity index is 461. The lowest BCUT2D eigenvalue weighted by Gasteiger charge is -2.35. The van der Waals surface area contributed by atoms with Crippen LogP contribution in [-0.4, -0.2) is 93.7 Å². The van der Waals surface area contributed by atoms with Crippen LogP contribution in [0.15, 0.2) is 4.99 Å². The number of likely N-dealkylation sites (tertiary alicyclic amines) is 2. The molecule has 1 N–H and O–H groups in total. The van der Waals surface area contributed by atoms with Gasteiger partial charge in [0.1, 0.15) is 0 Å². The van der Waals surface area contributed by atoms with Crippen molar-refractivity contribution < 1.29 is 22.6 Å². The van der Waals surface area contributed by atoms with Crippen LogP contribution >= 0.6 is 24.0 Å². The molecule has 0 aromatic heterocycles. The van der Waals surface area contributed by atoms with E-state index < -0.39 is 12.7 Å². The Labute approximate surface area is 183 Å². The molecule has 1 unspecified atom stereocenters. The second-order valence-electron chi connectivity index (χ2n) is 7.18. The normalized spacial score (nSPS) is 22.4. The van der Waals surface area contributed by atoms with E-state index in [9.17, 15) is 13.2 Å². The first-order valence-electron chi connectivity index (χ1n) is 9.87. The number of methoxy groups -OCH3 is 1. The van der Waals surface area contributed by atoms with E-state index in [1.807, 2.05) is 6.92 Å². The van der Waals surface area contributed by atoms with Crippen LogP contribution in [0.3, 0.4) is 0 Å². The Balaban J connectivity index is 0.00000392. The average molecular weight is 522 g/mol. The van der Waals surface area contributed by atoms with Gasteiger partial charge in [-0.1, -0.05) is 0 Å². The van der Waals surface area contributed by atoms with E-state index >= 15 is 0 Å². The van der Waals surface area contributed by atoms with Gasteiger partial charge < -0.3 is 19.7 Å². The molecule has 2 aliphatic rings. The first kappa shape index (κ1) is 25.7. The first-order chi connectivity index (χ1) is 12.9.